The molecule has 0 bridgehead atoms. The number of hydrogen-bond donors (Lipinski definition) is 1. The van der Waals surface area contributed by atoms with Crippen molar-refractivity contribution in [3.05, 3.63) is 41.1 Å². The van der Waals surface area contributed by atoms with E-state index in [4.69, 9.17) is 4.98 Å². The Morgan fingerprint density at radius 1 is 1.14 bits per heavy atom. The first-order chi connectivity index (χ1) is 10.2. The van der Waals surface area contributed by atoms with Crippen molar-refractivity contribution in [3.63, 3.8) is 0 Å². The molecule has 2 heterocycles. The summed E-state index contributed by atoms with van der Waals surface area (Å²) in [4.78, 5) is 9.17. The van der Waals surface area contributed by atoms with Crippen molar-refractivity contribution in [2.24, 2.45) is 0 Å². The van der Waals surface area contributed by atoms with Gasteiger partial charge < -0.3 is 5.32 Å². The molecule has 0 radical (unpaired) electrons. The lowest BCUT2D eigenvalue weighted by Gasteiger charge is -2.11. The summed E-state index contributed by atoms with van der Waals surface area (Å²) in [7, 11) is 0. The molecule has 0 aliphatic rings. The molecular weight excluding hydrogens is 260 g/mol. The predicted octanol–water partition coefficient (Wildman–Crippen LogP) is 3.34. The van der Waals surface area contributed by atoms with E-state index >= 15 is 0 Å². The summed E-state index contributed by atoms with van der Waals surface area (Å²) >= 11 is 0. The highest BCUT2D eigenvalue weighted by Crippen LogP contribution is 2.15. The molecule has 2 aromatic heterocycles. The minimum atomic E-state index is 0.896. The maximum atomic E-state index is 4.79. The first-order valence-corrected chi connectivity index (χ1v) is 7.87. The monoisotopic (exact) mass is 286 g/mol. The molecule has 0 aliphatic heterocycles. The van der Waals surface area contributed by atoms with E-state index < -0.39 is 0 Å². The normalized spacial score (nSPS) is 11.0. The van der Waals surface area contributed by atoms with Gasteiger partial charge in [-0.25, -0.2) is 9.97 Å². The van der Waals surface area contributed by atoms with Gasteiger partial charge in [0.05, 0.1) is 5.69 Å². The standard InChI is InChI=1S/C17H26N4/c1-5-7-16-9-15(11-18-8-6-2)10-17(20-16)21-12-19-13(3)14(21)4/h9-10,12,18H,5-8,11H2,1-4H3. The Bertz CT molecular complexity index is 586. The van der Waals surface area contributed by atoms with E-state index in [1.807, 2.05) is 13.3 Å². The van der Waals surface area contributed by atoms with E-state index in [1.54, 1.807) is 0 Å². The van der Waals surface area contributed by atoms with Crippen LogP contribution in [0.3, 0.4) is 0 Å². The third-order valence-corrected chi connectivity index (χ3v) is 3.69. The molecule has 0 amide bonds. The van der Waals surface area contributed by atoms with Crippen molar-refractivity contribution in [3.8, 4) is 5.82 Å². The predicted molar refractivity (Wildman–Crippen MR) is 86.8 cm³/mol. The van der Waals surface area contributed by atoms with Gasteiger partial charge in [-0.3, -0.25) is 4.57 Å². The fourth-order valence-corrected chi connectivity index (χ4v) is 2.38. The van der Waals surface area contributed by atoms with Crippen molar-refractivity contribution in [2.75, 3.05) is 6.54 Å². The second kappa shape index (κ2) is 7.36. The van der Waals surface area contributed by atoms with Crippen LogP contribution in [0.25, 0.3) is 5.82 Å². The number of pyridine rings is 1. The number of nitrogens with one attached hydrogen (secondary N) is 1. The van der Waals surface area contributed by atoms with Crippen molar-refractivity contribution >= 4 is 0 Å². The Morgan fingerprint density at radius 2 is 1.95 bits per heavy atom. The van der Waals surface area contributed by atoms with Gasteiger partial charge in [-0.05, 0) is 50.9 Å². The van der Waals surface area contributed by atoms with Crippen LogP contribution in [0.2, 0.25) is 0 Å². The van der Waals surface area contributed by atoms with E-state index in [9.17, 15) is 0 Å². The van der Waals surface area contributed by atoms with Gasteiger partial charge in [-0.15, -0.1) is 0 Å². The first kappa shape index (κ1) is 15.7. The van der Waals surface area contributed by atoms with E-state index in [0.29, 0.717) is 0 Å². The molecule has 21 heavy (non-hydrogen) atoms. The molecule has 2 rings (SSSR count). The molecule has 4 nitrogen and oxygen atoms in total. The van der Waals surface area contributed by atoms with E-state index in [2.05, 4.69) is 47.8 Å². The largest absolute Gasteiger partial charge is 0.313 e. The molecule has 0 saturated carbocycles. The molecule has 1 N–H and O–H groups in total. The molecule has 0 atom stereocenters. The third-order valence-electron chi connectivity index (χ3n) is 3.69. The Hall–Kier alpha value is -1.68. The summed E-state index contributed by atoms with van der Waals surface area (Å²) < 4.78 is 2.08. The van der Waals surface area contributed by atoms with Crippen LogP contribution < -0.4 is 5.32 Å². The summed E-state index contributed by atoms with van der Waals surface area (Å²) in [5, 5.41) is 3.47. The molecule has 0 aromatic carbocycles. The number of rotatable bonds is 7. The summed E-state index contributed by atoms with van der Waals surface area (Å²) in [5.41, 5.74) is 4.67. The van der Waals surface area contributed by atoms with Gasteiger partial charge in [0.15, 0.2) is 0 Å². The minimum Gasteiger partial charge on any atom is -0.313 e. The number of imidazole rings is 1. The highest BCUT2D eigenvalue weighted by atomic mass is 15.1. The number of nitrogens with zero attached hydrogens (tertiary/aromatic N) is 3. The van der Waals surface area contributed by atoms with Crippen molar-refractivity contribution in [1.29, 1.82) is 0 Å². The number of aromatic nitrogens is 3. The molecule has 2 aromatic rings. The first-order valence-electron chi connectivity index (χ1n) is 7.87. The van der Waals surface area contributed by atoms with Gasteiger partial charge in [-0.1, -0.05) is 20.3 Å². The highest BCUT2D eigenvalue weighted by Gasteiger charge is 2.08. The SMILES string of the molecule is CCCNCc1cc(CCC)nc(-n2cnc(C)c2C)c1. The highest BCUT2D eigenvalue weighted by molar-refractivity contribution is 5.34. The maximum absolute atomic E-state index is 4.79. The van der Waals surface area contributed by atoms with E-state index in [1.165, 1.54) is 5.56 Å². The molecule has 0 unspecified atom stereocenters. The molecule has 0 spiro atoms. The Kier molecular flexibility index (Phi) is 5.51. The zero-order valence-corrected chi connectivity index (χ0v) is 13.6. The number of hydrogen-bond acceptors (Lipinski definition) is 3. The van der Waals surface area contributed by atoms with Crippen LogP contribution in [0.1, 0.15) is 49.3 Å². The van der Waals surface area contributed by atoms with Gasteiger partial charge >= 0.3 is 0 Å². The fraction of sp³-hybridized carbons (Fsp3) is 0.529. The second-order valence-corrected chi connectivity index (χ2v) is 5.54. The number of aryl methyl sites for hydroxylation is 2. The van der Waals surface area contributed by atoms with Crippen molar-refractivity contribution < 1.29 is 0 Å². The van der Waals surface area contributed by atoms with Gasteiger partial charge in [0.1, 0.15) is 12.1 Å². The van der Waals surface area contributed by atoms with Gasteiger partial charge in [0.2, 0.25) is 0 Å². The smallest absolute Gasteiger partial charge is 0.138 e. The zero-order valence-electron chi connectivity index (χ0n) is 13.6. The second-order valence-electron chi connectivity index (χ2n) is 5.54. The van der Waals surface area contributed by atoms with Crippen LogP contribution in [0.15, 0.2) is 18.5 Å². The van der Waals surface area contributed by atoms with Crippen LogP contribution in [-0.4, -0.2) is 21.1 Å². The van der Waals surface area contributed by atoms with Gasteiger partial charge in [0, 0.05) is 17.9 Å². The van der Waals surface area contributed by atoms with Crippen LogP contribution in [0, 0.1) is 13.8 Å². The zero-order chi connectivity index (χ0) is 15.2. The topological polar surface area (TPSA) is 42.7 Å². The molecule has 0 fully saturated rings. The summed E-state index contributed by atoms with van der Waals surface area (Å²) in [6, 6.07) is 4.38. The van der Waals surface area contributed by atoms with Gasteiger partial charge in [0.25, 0.3) is 0 Å². The lowest BCUT2D eigenvalue weighted by Crippen LogP contribution is -2.15. The van der Waals surface area contributed by atoms with Crippen molar-refractivity contribution in [1.82, 2.24) is 19.9 Å². The molecule has 4 heteroatoms. The average molecular weight is 286 g/mol. The lowest BCUT2D eigenvalue weighted by molar-refractivity contribution is 0.672. The summed E-state index contributed by atoms with van der Waals surface area (Å²) in [5.74, 6) is 0.979. The Balaban J connectivity index is 2.33. The van der Waals surface area contributed by atoms with Crippen LogP contribution in [-0.2, 0) is 13.0 Å². The molecule has 0 saturated heterocycles. The summed E-state index contributed by atoms with van der Waals surface area (Å²) in [6.07, 6.45) is 5.15. The minimum absolute atomic E-state index is 0.896. The Morgan fingerprint density at radius 3 is 2.57 bits per heavy atom. The molecular formula is C17H26N4. The lowest BCUT2D eigenvalue weighted by atomic mass is 10.1. The third kappa shape index (κ3) is 3.91. The van der Waals surface area contributed by atoms with E-state index in [0.717, 1.165) is 55.3 Å². The Labute approximate surface area is 127 Å². The van der Waals surface area contributed by atoms with Crippen LogP contribution >= 0.6 is 0 Å². The average Bonchev–Trinajstić information content (AvgIpc) is 2.79. The molecule has 0 aliphatic carbocycles. The van der Waals surface area contributed by atoms with Crippen LogP contribution in [0.5, 0.6) is 0 Å². The van der Waals surface area contributed by atoms with E-state index in [-0.39, 0.29) is 0 Å². The quantitative estimate of drug-likeness (QED) is 0.794. The summed E-state index contributed by atoms with van der Waals surface area (Å²) in [6.45, 7) is 10.4. The van der Waals surface area contributed by atoms with Gasteiger partial charge in [-0.2, -0.15) is 0 Å². The maximum Gasteiger partial charge on any atom is 0.138 e. The van der Waals surface area contributed by atoms with Crippen LogP contribution in [0.4, 0.5) is 0 Å². The fourth-order valence-electron chi connectivity index (χ4n) is 2.38. The molecule has 114 valence electrons. The van der Waals surface area contributed by atoms with Crippen molar-refractivity contribution in [2.45, 2.75) is 53.5 Å².